The van der Waals surface area contributed by atoms with Crippen LogP contribution in [0.2, 0.25) is 0 Å². The topological polar surface area (TPSA) is 26.3 Å². The molecule has 2 nitrogen and oxygen atoms in total. The van der Waals surface area contributed by atoms with E-state index in [1.807, 2.05) is 0 Å². The van der Waals surface area contributed by atoms with Gasteiger partial charge in [-0.1, -0.05) is 38.3 Å². The number of esters is 1. The fraction of sp³-hybridized carbons (Fsp3) is 0.800. The van der Waals surface area contributed by atoms with Gasteiger partial charge in [-0.2, -0.15) is 0 Å². The van der Waals surface area contributed by atoms with Crippen molar-refractivity contribution in [3.05, 3.63) is 12.2 Å². The summed E-state index contributed by atoms with van der Waals surface area (Å²) in [7, 11) is 0. The molecule has 0 aliphatic carbocycles. The first-order chi connectivity index (χ1) is 8.27. The summed E-state index contributed by atoms with van der Waals surface area (Å²) < 4.78 is 4.87. The lowest BCUT2D eigenvalue weighted by atomic mass is 10.1. The van der Waals surface area contributed by atoms with Crippen LogP contribution in [0.25, 0.3) is 0 Å². The molecule has 0 heterocycles. The Hall–Kier alpha value is -0.790. The largest absolute Gasteiger partial charge is 0.466 e. The van der Waals surface area contributed by atoms with Crippen molar-refractivity contribution in [2.75, 3.05) is 6.61 Å². The zero-order chi connectivity index (χ0) is 12.8. The van der Waals surface area contributed by atoms with Crippen molar-refractivity contribution in [3.63, 3.8) is 0 Å². The van der Waals surface area contributed by atoms with Crippen LogP contribution in [0.1, 0.15) is 71.6 Å². The summed E-state index contributed by atoms with van der Waals surface area (Å²) in [5, 5.41) is 0. The summed E-state index contributed by atoms with van der Waals surface area (Å²) in [4.78, 5) is 10.5. The van der Waals surface area contributed by atoms with Gasteiger partial charge >= 0.3 is 5.97 Å². The summed E-state index contributed by atoms with van der Waals surface area (Å²) in [5.74, 6) is -0.169. The minimum absolute atomic E-state index is 0.169. The second kappa shape index (κ2) is 13.3. The van der Waals surface area contributed by atoms with E-state index in [1.165, 1.54) is 45.4 Å². The minimum atomic E-state index is -0.169. The maximum atomic E-state index is 10.5. The third-order valence-electron chi connectivity index (χ3n) is 2.71. The molecule has 0 unspecified atom stereocenters. The van der Waals surface area contributed by atoms with E-state index in [-0.39, 0.29) is 5.97 Å². The van der Waals surface area contributed by atoms with Crippen molar-refractivity contribution < 1.29 is 9.53 Å². The normalized spacial score (nSPS) is 10.9. The van der Waals surface area contributed by atoms with Crippen LogP contribution in [0.4, 0.5) is 0 Å². The van der Waals surface area contributed by atoms with Crippen molar-refractivity contribution in [2.45, 2.75) is 71.6 Å². The first-order valence-electron chi connectivity index (χ1n) is 7.05. The third kappa shape index (κ3) is 15.2. The maximum absolute atomic E-state index is 10.5. The fourth-order valence-corrected chi connectivity index (χ4v) is 1.68. The summed E-state index contributed by atoms with van der Waals surface area (Å²) in [6.07, 6.45) is 15.7. The molecule has 0 aromatic carbocycles. The zero-order valence-electron chi connectivity index (χ0n) is 11.5. The number of hydrogen-bond donors (Lipinski definition) is 0. The fourth-order valence-electron chi connectivity index (χ4n) is 1.68. The molecule has 0 saturated heterocycles. The number of allylic oxidation sites excluding steroid dienone is 2. The van der Waals surface area contributed by atoms with Gasteiger partial charge in [-0.05, 0) is 38.5 Å². The Morgan fingerprint density at radius 1 is 0.941 bits per heavy atom. The molecule has 0 aliphatic heterocycles. The molecule has 0 aromatic rings. The van der Waals surface area contributed by atoms with Gasteiger partial charge in [0.25, 0.3) is 0 Å². The highest BCUT2D eigenvalue weighted by atomic mass is 16.5. The van der Waals surface area contributed by atoms with Gasteiger partial charge in [0, 0.05) is 6.92 Å². The van der Waals surface area contributed by atoms with Crippen molar-refractivity contribution in [1.82, 2.24) is 0 Å². The van der Waals surface area contributed by atoms with E-state index >= 15 is 0 Å². The molecular formula is C15H28O2. The molecule has 0 saturated carbocycles. The van der Waals surface area contributed by atoms with Crippen LogP contribution in [-0.4, -0.2) is 12.6 Å². The van der Waals surface area contributed by atoms with Crippen LogP contribution in [0.3, 0.4) is 0 Å². The molecule has 0 rings (SSSR count). The Bertz CT molecular complexity index is 197. The molecule has 0 spiro atoms. The van der Waals surface area contributed by atoms with Crippen molar-refractivity contribution >= 4 is 5.97 Å². The molecule has 100 valence electrons. The lowest BCUT2D eigenvalue weighted by molar-refractivity contribution is -0.141. The molecule has 0 atom stereocenters. The number of carbonyl (C=O) groups excluding carboxylic acids is 1. The summed E-state index contributed by atoms with van der Waals surface area (Å²) in [6, 6.07) is 0. The third-order valence-corrected chi connectivity index (χ3v) is 2.71. The number of hydrogen-bond acceptors (Lipinski definition) is 2. The van der Waals surface area contributed by atoms with Gasteiger partial charge in [0.15, 0.2) is 0 Å². The molecule has 0 N–H and O–H groups in total. The molecule has 0 aromatic heterocycles. The van der Waals surface area contributed by atoms with Crippen LogP contribution < -0.4 is 0 Å². The second-order valence-electron chi connectivity index (χ2n) is 4.51. The Balaban J connectivity index is 3.06. The molecule has 2 heteroatoms. The van der Waals surface area contributed by atoms with Crippen LogP contribution in [0.15, 0.2) is 12.2 Å². The van der Waals surface area contributed by atoms with Crippen LogP contribution in [0, 0.1) is 0 Å². The zero-order valence-corrected chi connectivity index (χ0v) is 11.5. The van der Waals surface area contributed by atoms with Crippen molar-refractivity contribution in [2.24, 2.45) is 0 Å². The summed E-state index contributed by atoms with van der Waals surface area (Å²) in [6.45, 7) is 4.28. The highest BCUT2D eigenvalue weighted by molar-refractivity contribution is 5.65. The molecular weight excluding hydrogens is 212 g/mol. The smallest absolute Gasteiger partial charge is 0.302 e. The average molecular weight is 240 g/mol. The van der Waals surface area contributed by atoms with Gasteiger partial charge in [0.2, 0.25) is 0 Å². The number of unbranched alkanes of at least 4 members (excludes halogenated alkanes) is 7. The average Bonchev–Trinajstić information content (AvgIpc) is 2.30. The molecule has 0 fully saturated rings. The number of carbonyl (C=O) groups is 1. The summed E-state index contributed by atoms with van der Waals surface area (Å²) in [5.41, 5.74) is 0. The Kier molecular flexibility index (Phi) is 12.7. The van der Waals surface area contributed by atoms with Crippen molar-refractivity contribution in [1.29, 1.82) is 0 Å². The van der Waals surface area contributed by atoms with Gasteiger partial charge < -0.3 is 4.74 Å². The maximum Gasteiger partial charge on any atom is 0.302 e. The van der Waals surface area contributed by atoms with E-state index in [1.54, 1.807) is 0 Å². The van der Waals surface area contributed by atoms with Gasteiger partial charge in [-0.25, -0.2) is 0 Å². The standard InChI is InChI=1S/C15H28O2/c1-3-4-5-6-7-8-9-10-11-12-13-14-17-15(2)16/h8-9H,3-7,10-14H2,1-2H3/b9-8+. The minimum Gasteiger partial charge on any atom is -0.466 e. The van der Waals surface area contributed by atoms with E-state index in [2.05, 4.69) is 19.1 Å². The predicted octanol–water partition coefficient (Wildman–Crippen LogP) is 4.64. The number of ether oxygens (including phenoxy) is 1. The molecule has 0 aliphatic rings. The van der Waals surface area contributed by atoms with E-state index in [4.69, 9.17) is 4.74 Å². The lowest BCUT2D eigenvalue weighted by Crippen LogP contribution is -1.99. The van der Waals surface area contributed by atoms with Crippen LogP contribution in [0.5, 0.6) is 0 Å². The molecule has 0 bridgehead atoms. The Morgan fingerprint density at radius 2 is 1.53 bits per heavy atom. The van der Waals surface area contributed by atoms with Crippen LogP contribution in [-0.2, 0) is 9.53 Å². The van der Waals surface area contributed by atoms with Crippen LogP contribution >= 0.6 is 0 Å². The van der Waals surface area contributed by atoms with Gasteiger partial charge in [0.1, 0.15) is 0 Å². The quantitative estimate of drug-likeness (QED) is 0.299. The Morgan fingerprint density at radius 3 is 2.06 bits per heavy atom. The van der Waals surface area contributed by atoms with Gasteiger partial charge in [-0.3, -0.25) is 4.79 Å². The van der Waals surface area contributed by atoms with E-state index in [0.29, 0.717) is 6.61 Å². The molecule has 0 amide bonds. The highest BCUT2D eigenvalue weighted by Crippen LogP contribution is 2.05. The first-order valence-corrected chi connectivity index (χ1v) is 7.05. The predicted molar refractivity (Wildman–Crippen MR) is 73.0 cm³/mol. The monoisotopic (exact) mass is 240 g/mol. The van der Waals surface area contributed by atoms with E-state index in [9.17, 15) is 4.79 Å². The second-order valence-corrected chi connectivity index (χ2v) is 4.51. The lowest BCUT2D eigenvalue weighted by Gasteiger charge is -2.00. The SMILES string of the molecule is CCCCCC/C=C/CCCCCOC(C)=O. The van der Waals surface area contributed by atoms with Gasteiger partial charge in [0.05, 0.1) is 6.61 Å². The van der Waals surface area contributed by atoms with E-state index in [0.717, 1.165) is 19.3 Å². The molecule has 17 heavy (non-hydrogen) atoms. The first kappa shape index (κ1) is 16.2. The summed E-state index contributed by atoms with van der Waals surface area (Å²) >= 11 is 0. The van der Waals surface area contributed by atoms with Crippen molar-refractivity contribution in [3.8, 4) is 0 Å². The number of rotatable bonds is 11. The Labute approximate surface area is 106 Å². The van der Waals surface area contributed by atoms with E-state index < -0.39 is 0 Å². The van der Waals surface area contributed by atoms with Gasteiger partial charge in [-0.15, -0.1) is 0 Å². The molecule has 0 radical (unpaired) electrons. The highest BCUT2D eigenvalue weighted by Gasteiger charge is 1.92.